The Kier molecular flexibility index (Phi) is 6.55. The zero-order valence-corrected chi connectivity index (χ0v) is 27.2. The second-order valence-electron chi connectivity index (χ2n) is 13.4. The smallest absolute Gasteiger partial charge is 0.0546 e. The summed E-state index contributed by atoms with van der Waals surface area (Å²) in [6.07, 6.45) is 0. The molecule has 0 spiro atoms. The van der Waals surface area contributed by atoms with Gasteiger partial charge in [0, 0.05) is 22.1 Å². The molecule has 1 heteroatoms. The number of fused-ring (bicyclic) bond motifs is 6. The molecule has 9 rings (SSSR count). The topological polar surface area (TPSA) is 3.24 Å². The quantitative estimate of drug-likeness (QED) is 0.187. The predicted molar refractivity (Wildman–Crippen MR) is 205 cm³/mol. The summed E-state index contributed by atoms with van der Waals surface area (Å²) in [6, 6.07) is 64.4. The van der Waals surface area contributed by atoms with E-state index in [0.29, 0.717) is 0 Å². The maximum absolute atomic E-state index is 2.49. The third-order valence-electron chi connectivity index (χ3n) is 10.2. The monoisotopic (exact) mass is 613 g/mol. The minimum absolute atomic E-state index is 0.145. The van der Waals surface area contributed by atoms with Gasteiger partial charge in [-0.05, 0) is 85.4 Å². The van der Waals surface area contributed by atoms with E-state index in [2.05, 4.69) is 195 Å². The van der Waals surface area contributed by atoms with Crippen molar-refractivity contribution in [1.29, 1.82) is 0 Å². The molecule has 0 radical (unpaired) electrons. The Balaban J connectivity index is 1.36. The zero-order valence-electron chi connectivity index (χ0n) is 27.2. The first-order valence-electron chi connectivity index (χ1n) is 16.8. The summed E-state index contributed by atoms with van der Waals surface area (Å²) in [4.78, 5) is 2.49. The lowest BCUT2D eigenvalue weighted by atomic mass is 9.79. The van der Waals surface area contributed by atoms with Crippen LogP contribution in [0.1, 0.15) is 25.0 Å². The van der Waals surface area contributed by atoms with Crippen LogP contribution in [0.15, 0.2) is 176 Å². The fourth-order valence-corrected chi connectivity index (χ4v) is 7.94. The summed E-state index contributed by atoms with van der Waals surface area (Å²) in [6.45, 7) is 4.77. The first-order chi connectivity index (χ1) is 23.6. The third kappa shape index (κ3) is 4.47. The molecule has 0 saturated carbocycles. The standard InChI is InChI=1S/C47H35N/c1-47(2)43-28-26-36(32-15-5-3-6-16-32)30-41(43)42-31-45(39-22-11-12-23-40(39)46(42)47)48(37-27-25-33-17-9-10-20-35(33)29-37)44-24-14-13-21-38(44)34-18-7-4-8-19-34/h3-31H,1-2H3. The van der Waals surface area contributed by atoms with Crippen molar-refractivity contribution >= 4 is 38.6 Å². The molecule has 0 saturated heterocycles. The molecule has 0 aromatic heterocycles. The molecule has 0 bridgehead atoms. The first-order valence-corrected chi connectivity index (χ1v) is 16.8. The van der Waals surface area contributed by atoms with E-state index in [1.807, 2.05) is 0 Å². The van der Waals surface area contributed by atoms with Crippen molar-refractivity contribution in [2.75, 3.05) is 4.90 Å². The molecule has 0 heterocycles. The van der Waals surface area contributed by atoms with E-state index in [1.54, 1.807) is 0 Å². The highest BCUT2D eigenvalue weighted by Crippen LogP contribution is 2.55. The maximum atomic E-state index is 2.49. The maximum Gasteiger partial charge on any atom is 0.0546 e. The van der Waals surface area contributed by atoms with Gasteiger partial charge in [0.25, 0.3) is 0 Å². The summed E-state index contributed by atoms with van der Waals surface area (Å²) < 4.78 is 0. The number of nitrogens with zero attached hydrogens (tertiary/aromatic N) is 1. The molecule has 0 amide bonds. The summed E-state index contributed by atoms with van der Waals surface area (Å²) in [5.74, 6) is 0. The van der Waals surface area contributed by atoms with Crippen LogP contribution in [0, 0.1) is 0 Å². The second kappa shape index (κ2) is 11.1. The number of hydrogen-bond donors (Lipinski definition) is 0. The third-order valence-corrected chi connectivity index (χ3v) is 10.2. The van der Waals surface area contributed by atoms with E-state index >= 15 is 0 Å². The van der Waals surface area contributed by atoms with Crippen LogP contribution in [0.3, 0.4) is 0 Å². The molecule has 1 nitrogen and oxygen atoms in total. The highest BCUT2D eigenvalue weighted by molar-refractivity contribution is 6.08. The van der Waals surface area contributed by atoms with E-state index < -0.39 is 0 Å². The van der Waals surface area contributed by atoms with Crippen LogP contribution < -0.4 is 4.90 Å². The normalized spacial score (nSPS) is 13.0. The Hall–Kier alpha value is -5.92. The average Bonchev–Trinajstić information content (AvgIpc) is 3.38. The molecule has 0 aliphatic heterocycles. The van der Waals surface area contributed by atoms with Gasteiger partial charge in [0.1, 0.15) is 0 Å². The zero-order chi connectivity index (χ0) is 32.2. The molecule has 0 fully saturated rings. The lowest BCUT2D eigenvalue weighted by molar-refractivity contribution is 0.666. The van der Waals surface area contributed by atoms with Crippen LogP contribution in [0.2, 0.25) is 0 Å². The summed E-state index contributed by atoms with van der Waals surface area (Å²) in [5.41, 5.74) is 13.6. The predicted octanol–water partition coefficient (Wildman–Crippen LogP) is 13.1. The van der Waals surface area contributed by atoms with E-state index in [9.17, 15) is 0 Å². The van der Waals surface area contributed by atoms with Gasteiger partial charge in [-0.1, -0.05) is 159 Å². The van der Waals surface area contributed by atoms with Gasteiger partial charge in [-0.2, -0.15) is 0 Å². The van der Waals surface area contributed by atoms with Crippen molar-refractivity contribution in [3.63, 3.8) is 0 Å². The number of anilines is 3. The number of para-hydroxylation sites is 1. The summed E-state index contributed by atoms with van der Waals surface area (Å²) >= 11 is 0. The van der Waals surface area contributed by atoms with Gasteiger partial charge in [0.05, 0.1) is 11.4 Å². The fourth-order valence-electron chi connectivity index (χ4n) is 7.94. The highest BCUT2D eigenvalue weighted by Gasteiger charge is 2.38. The van der Waals surface area contributed by atoms with Gasteiger partial charge < -0.3 is 4.90 Å². The molecular formula is C47H35N. The van der Waals surface area contributed by atoms with Crippen LogP contribution in [0.5, 0.6) is 0 Å². The number of hydrogen-bond acceptors (Lipinski definition) is 1. The Labute approximate surface area is 282 Å². The van der Waals surface area contributed by atoms with Gasteiger partial charge in [-0.15, -0.1) is 0 Å². The van der Waals surface area contributed by atoms with Crippen LogP contribution in [-0.2, 0) is 5.41 Å². The van der Waals surface area contributed by atoms with Crippen molar-refractivity contribution in [3.8, 4) is 33.4 Å². The summed E-state index contributed by atoms with van der Waals surface area (Å²) in [5, 5.41) is 5.01. The minimum Gasteiger partial charge on any atom is -0.309 e. The van der Waals surface area contributed by atoms with Crippen molar-refractivity contribution in [2.45, 2.75) is 19.3 Å². The van der Waals surface area contributed by atoms with Crippen LogP contribution >= 0.6 is 0 Å². The van der Waals surface area contributed by atoms with E-state index in [-0.39, 0.29) is 5.41 Å². The Morgan fingerprint density at radius 3 is 1.83 bits per heavy atom. The van der Waals surface area contributed by atoms with Gasteiger partial charge in [-0.3, -0.25) is 0 Å². The highest BCUT2D eigenvalue weighted by atomic mass is 15.1. The molecular weight excluding hydrogens is 579 g/mol. The largest absolute Gasteiger partial charge is 0.309 e. The average molecular weight is 614 g/mol. The second-order valence-corrected chi connectivity index (χ2v) is 13.4. The van der Waals surface area contributed by atoms with Gasteiger partial charge in [0.15, 0.2) is 0 Å². The van der Waals surface area contributed by atoms with E-state index in [1.165, 1.54) is 71.7 Å². The molecule has 0 atom stereocenters. The van der Waals surface area contributed by atoms with Crippen LogP contribution in [-0.4, -0.2) is 0 Å². The Morgan fingerprint density at radius 2 is 1.04 bits per heavy atom. The lowest BCUT2D eigenvalue weighted by Gasteiger charge is -2.31. The van der Waals surface area contributed by atoms with Gasteiger partial charge in [0.2, 0.25) is 0 Å². The molecule has 228 valence electrons. The first kappa shape index (κ1) is 28.3. The number of rotatable bonds is 5. The van der Waals surface area contributed by atoms with Crippen LogP contribution in [0.25, 0.3) is 54.9 Å². The minimum atomic E-state index is -0.145. The molecule has 8 aromatic carbocycles. The van der Waals surface area contributed by atoms with Crippen molar-refractivity contribution in [3.05, 3.63) is 187 Å². The van der Waals surface area contributed by atoms with Crippen LogP contribution in [0.4, 0.5) is 17.1 Å². The van der Waals surface area contributed by atoms with Crippen molar-refractivity contribution in [1.82, 2.24) is 0 Å². The molecule has 0 unspecified atom stereocenters. The lowest BCUT2D eigenvalue weighted by Crippen LogP contribution is -2.16. The number of benzene rings is 8. The molecule has 1 aliphatic rings. The van der Waals surface area contributed by atoms with Crippen molar-refractivity contribution in [2.24, 2.45) is 0 Å². The SMILES string of the molecule is CC1(C)c2ccc(-c3ccccc3)cc2-c2cc(N(c3ccc4ccccc4c3)c3ccccc3-c3ccccc3)c3ccccc3c21. The molecule has 0 N–H and O–H groups in total. The molecule has 8 aromatic rings. The van der Waals surface area contributed by atoms with E-state index in [4.69, 9.17) is 0 Å². The Bertz CT molecular complexity index is 2470. The van der Waals surface area contributed by atoms with Gasteiger partial charge >= 0.3 is 0 Å². The Morgan fingerprint density at radius 1 is 0.396 bits per heavy atom. The van der Waals surface area contributed by atoms with E-state index in [0.717, 1.165) is 11.4 Å². The summed E-state index contributed by atoms with van der Waals surface area (Å²) in [7, 11) is 0. The fraction of sp³-hybridized carbons (Fsp3) is 0.0638. The van der Waals surface area contributed by atoms with Gasteiger partial charge in [-0.25, -0.2) is 0 Å². The molecule has 48 heavy (non-hydrogen) atoms. The molecule has 1 aliphatic carbocycles. The van der Waals surface area contributed by atoms with Crippen molar-refractivity contribution < 1.29 is 0 Å².